The normalized spacial score (nSPS) is 27.0. The lowest BCUT2D eigenvalue weighted by Crippen LogP contribution is -1.73. The summed E-state index contributed by atoms with van der Waals surface area (Å²) < 4.78 is 0. The molecule has 0 radical (unpaired) electrons. The molecule has 0 aromatic rings. The average Bonchev–Trinajstić information content (AvgIpc) is 2.15. The predicted octanol–water partition coefficient (Wildman–Crippen LogP) is 2.28. The van der Waals surface area contributed by atoms with Crippen LogP contribution in [0.5, 0.6) is 0 Å². The molecule has 44 valence electrons. The Balaban J connectivity index is 2.23. The van der Waals surface area contributed by atoms with E-state index in [4.69, 9.17) is 0 Å². The van der Waals surface area contributed by atoms with Crippen LogP contribution in [0.2, 0.25) is 0 Å². The van der Waals surface area contributed by atoms with Gasteiger partial charge in [-0.1, -0.05) is 0 Å². The maximum atomic E-state index is 2.39. The maximum absolute atomic E-state index is 2.39. The summed E-state index contributed by atoms with van der Waals surface area (Å²) in [4.78, 5) is 0. The van der Waals surface area contributed by atoms with Crippen LogP contribution in [0.4, 0.5) is 0 Å². The van der Waals surface area contributed by atoms with Crippen LogP contribution >= 0.6 is 0 Å². The summed E-state index contributed by atoms with van der Waals surface area (Å²) in [5, 5.41) is 0. The van der Waals surface area contributed by atoms with Gasteiger partial charge < -0.3 is 12.8 Å². The third-order valence-electron chi connectivity index (χ3n) is 2.06. The fourth-order valence-electron chi connectivity index (χ4n) is 1.59. The Morgan fingerprint density at radius 1 is 0.750 bits per heavy atom. The van der Waals surface area contributed by atoms with E-state index in [0.29, 0.717) is 0 Å². The van der Waals surface area contributed by atoms with Crippen molar-refractivity contribution >= 4 is 0 Å². The Morgan fingerprint density at radius 2 is 1.12 bits per heavy atom. The van der Waals surface area contributed by atoms with Crippen LogP contribution in [0.25, 0.3) is 0 Å². The topological polar surface area (TPSA) is 0 Å². The SMILES string of the molecule is [CH-]1CC2=C(C1)C[CH-]C2. The molecule has 0 fully saturated rings. The Kier molecular flexibility index (Phi) is 0.927. The molecule has 0 saturated carbocycles. The van der Waals surface area contributed by atoms with Crippen LogP contribution in [0, 0.1) is 12.8 Å². The van der Waals surface area contributed by atoms with Gasteiger partial charge in [0.15, 0.2) is 0 Å². The van der Waals surface area contributed by atoms with E-state index in [1.54, 1.807) is 11.1 Å². The molecule has 0 N–H and O–H groups in total. The molecular weight excluding hydrogens is 96.1 g/mol. The fraction of sp³-hybridized carbons (Fsp3) is 0.500. The molecule has 8 heavy (non-hydrogen) atoms. The Hall–Kier alpha value is -0.260. The first-order chi connectivity index (χ1) is 3.97. The van der Waals surface area contributed by atoms with Gasteiger partial charge in [0.2, 0.25) is 0 Å². The second kappa shape index (κ2) is 1.61. The molecule has 0 bridgehead atoms. The molecule has 0 aromatic carbocycles. The van der Waals surface area contributed by atoms with Crippen molar-refractivity contribution in [1.82, 2.24) is 0 Å². The molecule has 0 aromatic heterocycles. The molecular formula is C8H10-2. The average molecular weight is 106 g/mol. The molecule has 2 aliphatic carbocycles. The van der Waals surface area contributed by atoms with Crippen molar-refractivity contribution in [3.05, 3.63) is 24.0 Å². The zero-order valence-electron chi connectivity index (χ0n) is 4.98. The van der Waals surface area contributed by atoms with Crippen LogP contribution in [0.3, 0.4) is 0 Å². The van der Waals surface area contributed by atoms with E-state index in [-0.39, 0.29) is 0 Å². The summed E-state index contributed by atoms with van der Waals surface area (Å²) in [7, 11) is 0. The van der Waals surface area contributed by atoms with Crippen molar-refractivity contribution in [3.63, 3.8) is 0 Å². The van der Waals surface area contributed by atoms with Gasteiger partial charge in [0.1, 0.15) is 0 Å². The van der Waals surface area contributed by atoms with Crippen LogP contribution in [-0.4, -0.2) is 0 Å². The molecule has 2 aliphatic rings. The zero-order chi connectivity index (χ0) is 5.40. The molecule has 0 amide bonds. The van der Waals surface area contributed by atoms with Gasteiger partial charge in [-0.3, -0.25) is 0 Å². The van der Waals surface area contributed by atoms with Gasteiger partial charge in [-0.25, -0.2) is 0 Å². The highest BCUT2D eigenvalue weighted by Gasteiger charge is 2.05. The van der Waals surface area contributed by atoms with Crippen molar-refractivity contribution in [2.75, 3.05) is 0 Å². The number of hydrogen-bond acceptors (Lipinski definition) is 0. The minimum atomic E-state index is 1.28. The van der Waals surface area contributed by atoms with E-state index >= 15 is 0 Å². The zero-order valence-corrected chi connectivity index (χ0v) is 4.98. The molecule has 0 nitrogen and oxygen atoms in total. The fourth-order valence-corrected chi connectivity index (χ4v) is 1.59. The molecule has 0 saturated heterocycles. The van der Waals surface area contributed by atoms with E-state index in [0.717, 1.165) is 0 Å². The Labute approximate surface area is 50.6 Å². The lowest BCUT2D eigenvalue weighted by molar-refractivity contribution is 0.995. The molecule has 0 heteroatoms. The van der Waals surface area contributed by atoms with E-state index < -0.39 is 0 Å². The first-order valence-corrected chi connectivity index (χ1v) is 3.30. The second-order valence-corrected chi connectivity index (χ2v) is 2.60. The van der Waals surface area contributed by atoms with Gasteiger partial charge in [0.05, 0.1) is 0 Å². The smallest absolute Gasteiger partial charge is 0.135 e. The number of rotatable bonds is 0. The standard InChI is InChI=1S/C8H10/c1-3-7-5-2-6-8(7)4-1/h1-2H,3-6H2/q-2. The summed E-state index contributed by atoms with van der Waals surface area (Å²) in [6.45, 7) is 0. The summed E-state index contributed by atoms with van der Waals surface area (Å²) in [5.41, 5.74) is 3.43. The minimum Gasteiger partial charge on any atom is -0.321 e. The quantitative estimate of drug-likeness (QED) is 0.328. The summed E-state index contributed by atoms with van der Waals surface area (Å²) >= 11 is 0. The lowest BCUT2D eigenvalue weighted by Gasteiger charge is -2.06. The van der Waals surface area contributed by atoms with Crippen molar-refractivity contribution < 1.29 is 0 Å². The van der Waals surface area contributed by atoms with E-state index in [1.165, 1.54) is 25.7 Å². The minimum absolute atomic E-state index is 1.28. The summed E-state index contributed by atoms with van der Waals surface area (Å²) in [6, 6.07) is 0. The van der Waals surface area contributed by atoms with E-state index in [2.05, 4.69) is 12.8 Å². The molecule has 0 aliphatic heterocycles. The molecule has 0 atom stereocenters. The molecule has 2 rings (SSSR count). The molecule has 0 unspecified atom stereocenters. The van der Waals surface area contributed by atoms with Gasteiger partial charge >= 0.3 is 0 Å². The third-order valence-corrected chi connectivity index (χ3v) is 2.06. The Bertz CT molecular complexity index is 103. The largest absolute Gasteiger partial charge is 0.321 e. The van der Waals surface area contributed by atoms with E-state index in [1.807, 2.05) is 0 Å². The number of hydrogen-bond donors (Lipinski definition) is 0. The van der Waals surface area contributed by atoms with Crippen LogP contribution in [0.1, 0.15) is 25.7 Å². The van der Waals surface area contributed by atoms with Gasteiger partial charge in [-0.05, 0) is 0 Å². The van der Waals surface area contributed by atoms with E-state index in [9.17, 15) is 0 Å². The molecule has 0 spiro atoms. The van der Waals surface area contributed by atoms with Crippen molar-refractivity contribution in [1.29, 1.82) is 0 Å². The van der Waals surface area contributed by atoms with Crippen LogP contribution < -0.4 is 0 Å². The summed E-state index contributed by atoms with van der Waals surface area (Å²) in [6.07, 6.45) is 9.91. The predicted molar refractivity (Wildman–Crippen MR) is 34.1 cm³/mol. The monoisotopic (exact) mass is 106 g/mol. The van der Waals surface area contributed by atoms with Crippen molar-refractivity contribution in [2.24, 2.45) is 0 Å². The first kappa shape index (κ1) is 4.60. The maximum Gasteiger partial charge on any atom is -0.135 e. The second-order valence-electron chi connectivity index (χ2n) is 2.60. The first-order valence-electron chi connectivity index (χ1n) is 3.30. The molecule has 0 heterocycles. The summed E-state index contributed by atoms with van der Waals surface area (Å²) in [5.74, 6) is 0. The van der Waals surface area contributed by atoms with Crippen LogP contribution in [0.15, 0.2) is 11.1 Å². The highest BCUT2D eigenvalue weighted by atomic mass is 14.2. The van der Waals surface area contributed by atoms with Crippen LogP contribution in [-0.2, 0) is 0 Å². The van der Waals surface area contributed by atoms with Crippen molar-refractivity contribution in [2.45, 2.75) is 25.7 Å². The lowest BCUT2D eigenvalue weighted by atomic mass is 10.2. The highest BCUT2D eigenvalue weighted by molar-refractivity contribution is 5.31. The van der Waals surface area contributed by atoms with Gasteiger partial charge in [-0.2, -0.15) is 25.7 Å². The van der Waals surface area contributed by atoms with Gasteiger partial charge in [-0.15, -0.1) is 11.1 Å². The van der Waals surface area contributed by atoms with Gasteiger partial charge in [0.25, 0.3) is 0 Å². The third kappa shape index (κ3) is 0.521. The van der Waals surface area contributed by atoms with Crippen molar-refractivity contribution in [3.8, 4) is 0 Å². The Morgan fingerprint density at radius 3 is 1.50 bits per heavy atom. The number of allylic oxidation sites excluding steroid dienone is 2. The van der Waals surface area contributed by atoms with Gasteiger partial charge in [0, 0.05) is 0 Å². The highest BCUT2D eigenvalue weighted by Crippen LogP contribution is 2.36.